The molecule has 1 aromatic heterocycles. The second-order valence-electron chi connectivity index (χ2n) is 4.75. The van der Waals surface area contributed by atoms with Gasteiger partial charge in [0.15, 0.2) is 0 Å². The van der Waals surface area contributed by atoms with E-state index in [9.17, 15) is 9.90 Å². The van der Waals surface area contributed by atoms with Gasteiger partial charge in [-0.25, -0.2) is 9.78 Å². The second kappa shape index (κ2) is 5.58. The van der Waals surface area contributed by atoms with E-state index in [4.69, 9.17) is 0 Å². The van der Waals surface area contributed by atoms with E-state index in [2.05, 4.69) is 4.98 Å². The highest BCUT2D eigenvalue weighted by Crippen LogP contribution is 2.32. The van der Waals surface area contributed by atoms with Gasteiger partial charge in [0.05, 0.1) is 0 Å². The standard InChI is InChI=1S/C17H13NO2S/c1-11-6-8-13(9-7-11)21-16-14-5-3-2-4-12(14)10-15(18-16)17(19)20/h2-10H,1H3,(H,19,20). The zero-order valence-electron chi connectivity index (χ0n) is 11.4. The number of carbonyl (C=O) groups is 1. The Kier molecular flexibility index (Phi) is 3.62. The lowest BCUT2D eigenvalue weighted by Crippen LogP contribution is -2.01. The van der Waals surface area contributed by atoms with Gasteiger partial charge in [-0.1, -0.05) is 53.7 Å². The van der Waals surface area contributed by atoms with E-state index in [1.165, 1.54) is 17.3 Å². The molecular weight excluding hydrogens is 282 g/mol. The molecule has 0 aliphatic heterocycles. The Morgan fingerprint density at radius 3 is 2.52 bits per heavy atom. The van der Waals surface area contributed by atoms with Gasteiger partial charge in [0.2, 0.25) is 0 Å². The number of fused-ring (bicyclic) bond motifs is 1. The van der Waals surface area contributed by atoms with E-state index in [0.717, 1.165) is 15.7 Å². The molecule has 0 fully saturated rings. The largest absolute Gasteiger partial charge is 0.477 e. The first-order valence-electron chi connectivity index (χ1n) is 6.51. The number of aromatic nitrogens is 1. The third-order valence-corrected chi connectivity index (χ3v) is 4.17. The molecule has 0 unspecified atom stereocenters. The normalized spacial score (nSPS) is 10.7. The molecule has 0 radical (unpaired) electrons. The van der Waals surface area contributed by atoms with E-state index >= 15 is 0 Å². The summed E-state index contributed by atoms with van der Waals surface area (Å²) in [5.74, 6) is -1.01. The van der Waals surface area contributed by atoms with Crippen molar-refractivity contribution in [3.8, 4) is 0 Å². The molecule has 21 heavy (non-hydrogen) atoms. The van der Waals surface area contributed by atoms with E-state index in [1.54, 1.807) is 6.07 Å². The highest BCUT2D eigenvalue weighted by Gasteiger charge is 2.11. The Morgan fingerprint density at radius 1 is 1.10 bits per heavy atom. The van der Waals surface area contributed by atoms with Crippen LogP contribution in [0.15, 0.2) is 64.5 Å². The number of rotatable bonds is 3. The van der Waals surface area contributed by atoms with Gasteiger partial charge in [-0.05, 0) is 30.5 Å². The van der Waals surface area contributed by atoms with Gasteiger partial charge in [0.25, 0.3) is 0 Å². The molecule has 3 nitrogen and oxygen atoms in total. The third-order valence-electron chi connectivity index (χ3n) is 3.16. The molecule has 104 valence electrons. The maximum atomic E-state index is 11.2. The van der Waals surface area contributed by atoms with Crippen LogP contribution in [0.3, 0.4) is 0 Å². The number of aromatic carboxylic acids is 1. The molecule has 0 spiro atoms. The van der Waals surface area contributed by atoms with Crippen LogP contribution in [0.4, 0.5) is 0 Å². The lowest BCUT2D eigenvalue weighted by molar-refractivity contribution is 0.0690. The fraction of sp³-hybridized carbons (Fsp3) is 0.0588. The van der Waals surface area contributed by atoms with Crippen molar-refractivity contribution in [2.75, 3.05) is 0 Å². The molecule has 0 bridgehead atoms. The number of nitrogens with zero attached hydrogens (tertiary/aromatic N) is 1. The number of hydrogen-bond donors (Lipinski definition) is 1. The molecule has 3 rings (SSSR count). The first kappa shape index (κ1) is 13.6. The van der Waals surface area contributed by atoms with Gasteiger partial charge in [0.1, 0.15) is 10.7 Å². The van der Waals surface area contributed by atoms with Crippen molar-refractivity contribution in [3.05, 3.63) is 65.9 Å². The lowest BCUT2D eigenvalue weighted by Gasteiger charge is -2.07. The molecule has 0 saturated heterocycles. The van der Waals surface area contributed by atoms with Crippen LogP contribution in [0.1, 0.15) is 16.1 Å². The topological polar surface area (TPSA) is 50.2 Å². The Morgan fingerprint density at radius 2 is 1.81 bits per heavy atom. The zero-order valence-corrected chi connectivity index (χ0v) is 12.2. The molecule has 2 aromatic carbocycles. The zero-order chi connectivity index (χ0) is 14.8. The number of aryl methyl sites for hydroxylation is 1. The quantitative estimate of drug-likeness (QED) is 0.778. The van der Waals surface area contributed by atoms with Crippen molar-refractivity contribution in [2.45, 2.75) is 16.8 Å². The van der Waals surface area contributed by atoms with Crippen molar-refractivity contribution in [1.82, 2.24) is 4.98 Å². The van der Waals surface area contributed by atoms with Gasteiger partial charge in [-0.2, -0.15) is 0 Å². The molecule has 1 heterocycles. The lowest BCUT2D eigenvalue weighted by atomic mass is 10.1. The number of hydrogen-bond acceptors (Lipinski definition) is 3. The number of carboxylic acid groups (broad SMARTS) is 1. The van der Waals surface area contributed by atoms with Crippen LogP contribution in [0, 0.1) is 6.92 Å². The SMILES string of the molecule is Cc1ccc(Sc2nc(C(=O)O)cc3ccccc23)cc1. The first-order chi connectivity index (χ1) is 10.1. The van der Waals surface area contributed by atoms with Gasteiger partial charge >= 0.3 is 5.97 Å². The fourth-order valence-electron chi connectivity index (χ4n) is 2.07. The summed E-state index contributed by atoms with van der Waals surface area (Å²) in [5.41, 5.74) is 1.26. The minimum atomic E-state index is -1.01. The summed E-state index contributed by atoms with van der Waals surface area (Å²) in [4.78, 5) is 16.5. The Labute approximate surface area is 126 Å². The molecule has 0 amide bonds. The molecule has 0 atom stereocenters. The maximum Gasteiger partial charge on any atom is 0.354 e. The van der Waals surface area contributed by atoms with Crippen LogP contribution >= 0.6 is 11.8 Å². The summed E-state index contributed by atoms with van der Waals surface area (Å²) < 4.78 is 0. The molecule has 0 saturated carbocycles. The predicted octanol–water partition coefficient (Wildman–Crippen LogP) is 4.39. The van der Waals surface area contributed by atoms with Gasteiger partial charge in [0, 0.05) is 10.3 Å². The van der Waals surface area contributed by atoms with E-state index in [0.29, 0.717) is 5.03 Å². The molecule has 0 aliphatic rings. The van der Waals surface area contributed by atoms with Gasteiger partial charge < -0.3 is 5.11 Å². The van der Waals surface area contributed by atoms with Crippen LogP contribution in [0.2, 0.25) is 0 Å². The smallest absolute Gasteiger partial charge is 0.354 e. The molecule has 1 N–H and O–H groups in total. The average molecular weight is 295 g/mol. The summed E-state index contributed by atoms with van der Waals surface area (Å²) in [6.07, 6.45) is 0. The summed E-state index contributed by atoms with van der Waals surface area (Å²) >= 11 is 1.48. The van der Waals surface area contributed by atoms with Crippen LogP contribution in [0.5, 0.6) is 0 Å². The van der Waals surface area contributed by atoms with E-state index in [1.807, 2.05) is 55.5 Å². The van der Waals surface area contributed by atoms with Crippen LogP contribution < -0.4 is 0 Å². The second-order valence-corrected chi connectivity index (χ2v) is 5.82. The van der Waals surface area contributed by atoms with Crippen molar-refractivity contribution in [1.29, 1.82) is 0 Å². The van der Waals surface area contributed by atoms with Crippen molar-refractivity contribution >= 4 is 28.5 Å². The van der Waals surface area contributed by atoms with Crippen molar-refractivity contribution < 1.29 is 9.90 Å². The van der Waals surface area contributed by atoms with Crippen molar-refractivity contribution in [3.63, 3.8) is 0 Å². The number of pyridine rings is 1. The first-order valence-corrected chi connectivity index (χ1v) is 7.33. The third kappa shape index (κ3) is 2.90. The Balaban J connectivity index is 2.11. The number of benzene rings is 2. The summed E-state index contributed by atoms with van der Waals surface area (Å²) in [6.45, 7) is 2.03. The van der Waals surface area contributed by atoms with Crippen molar-refractivity contribution in [2.24, 2.45) is 0 Å². The van der Waals surface area contributed by atoms with Crippen LogP contribution in [-0.2, 0) is 0 Å². The number of carboxylic acids is 1. The minimum Gasteiger partial charge on any atom is -0.477 e. The molecule has 4 heteroatoms. The average Bonchev–Trinajstić information content (AvgIpc) is 2.49. The summed E-state index contributed by atoms with van der Waals surface area (Å²) in [5, 5.41) is 11.8. The van der Waals surface area contributed by atoms with Crippen LogP contribution in [0.25, 0.3) is 10.8 Å². The molecule has 0 aliphatic carbocycles. The minimum absolute atomic E-state index is 0.0725. The van der Waals surface area contributed by atoms with Crippen LogP contribution in [-0.4, -0.2) is 16.1 Å². The highest BCUT2D eigenvalue weighted by atomic mass is 32.2. The molecular formula is C17H13NO2S. The van der Waals surface area contributed by atoms with E-state index in [-0.39, 0.29) is 5.69 Å². The molecule has 3 aromatic rings. The summed E-state index contributed by atoms with van der Waals surface area (Å²) in [6, 6.07) is 17.4. The van der Waals surface area contributed by atoms with E-state index < -0.39 is 5.97 Å². The predicted molar refractivity (Wildman–Crippen MR) is 84.0 cm³/mol. The van der Waals surface area contributed by atoms with Gasteiger partial charge in [-0.3, -0.25) is 0 Å². The van der Waals surface area contributed by atoms with Gasteiger partial charge in [-0.15, -0.1) is 0 Å². The maximum absolute atomic E-state index is 11.2. The summed E-state index contributed by atoms with van der Waals surface area (Å²) in [7, 11) is 0. The highest BCUT2D eigenvalue weighted by molar-refractivity contribution is 7.99. The Hall–Kier alpha value is -2.33. The fourth-order valence-corrected chi connectivity index (χ4v) is 3.01. The monoisotopic (exact) mass is 295 g/mol. The Bertz CT molecular complexity index is 813.